The SMILES string of the molecule is CCOC(=O)CCN(C)c1ccc2c(C(F)(F)F)c(O[C@H]3CC[C@H](C(C)(C)C)CC3)ccc2c1. The van der Waals surface area contributed by atoms with Gasteiger partial charge in [0.15, 0.2) is 0 Å². The van der Waals surface area contributed by atoms with Crippen LogP contribution in [0.2, 0.25) is 0 Å². The van der Waals surface area contributed by atoms with Crippen LogP contribution in [0.5, 0.6) is 5.75 Å². The van der Waals surface area contributed by atoms with Crippen molar-refractivity contribution < 1.29 is 27.4 Å². The lowest BCUT2D eigenvalue weighted by atomic mass is 9.72. The molecule has 4 nitrogen and oxygen atoms in total. The minimum Gasteiger partial charge on any atom is -0.490 e. The molecule has 0 aliphatic heterocycles. The van der Waals surface area contributed by atoms with Crippen LogP contribution in [0.4, 0.5) is 18.9 Å². The van der Waals surface area contributed by atoms with Crippen molar-refractivity contribution in [3.8, 4) is 5.75 Å². The summed E-state index contributed by atoms with van der Waals surface area (Å²) in [6, 6.07) is 8.00. The molecule has 1 aliphatic rings. The van der Waals surface area contributed by atoms with E-state index >= 15 is 0 Å². The first-order chi connectivity index (χ1) is 15.9. The molecule has 0 unspecified atom stereocenters. The first kappa shape index (κ1) is 26.2. The lowest BCUT2D eigenvalue weighted by Crippen LogP contribution is -2.31. The number of carbonyl (C=O) groups is 1. The number of halogens is 3. The van der Waals surface area contributed by atoms with Gasteiger partial charge < -0.3 is 14.4 Å². The van der Waals surface area contributed by atoms with Gasteiger partial charge in [0, 0.05) is 19.3 Å². The normalized spacial score (nSPS) is 19.2. The van der Waals surface area contributed by atoms with Gasteiger partial charge in [-0.15, -0.1) is 0 Å². The van der Waals surface area contributed by atoms with E-state index in [2.05, 4.69) is 20.8 Å². The van der Waals surface area contributed by atoms with Crippen LogP contribution in [0, 0.1) is 11.3 Å². The highest BCUT2D eigenvalue weighted by Crippen LogP contribution is 2.44. The van der Waals surface area contributed by atoms with Gasteiger partial charge in [0.25, 0.3) is 0 Å². The zero-order valence-corrected chi connectivity index (χ0v) is 20.8. The van der Waals surface area contributed by atoms with E-state index in [1.165, 1.54) is 12.1 Å². The molecule has 34 heavy (non-hydrogen) atoms. The molecule has 3 rings (SSSR count). The first-order valence-electron chi connectivity index (χ1n) is 12.1. The van der Waals surface area contributed by atoms with Crippen LogP contribution < -0.4 is 9.64 Å². The van der Waals surface area contributed by atoms with Crippen molar-refractivity contribution in [2.75, 3.05) is 25.1 Å². The lowest BCUT2D eigenvalue weighted by molar-refractivity contribution is -0.143. The van der Waals surface area contributed by atoms with Crippen LogP contribution in [0.3, 0.4) is 0 Å². The van der Waals surface area contributed by atoms with Gasteiger partial charge in [-0.05, 0) is 72.9 Å². The molecule has 1 fully saturated rings. The summed E-state index contributed by atoms with van der Waals surface area (Å²) >= 11 is 0. The second kappa shape index (κ2) is 10.4. The molecule has 0 spiro atoms. The first-order valence-corrected chi connectivity index (χ1v) is 12.1. The van der Waals surface area contributed by atoms with Crippen molar-refractivity contribution in [3.63, 3.8) is 0 Å². The van der Waals surface area contributed by atoms with Crippen LogP contribution in [0.15, 0.2) is 30.3 Å². The van der Waals surface area contributed by atoms with Gasteiger partial charge in [-0.2, -0.15) is 13.2 Å². The standard InChI is InChI=1S/C27H36F3NO3/c1-6-33-24(32)15-16-31(5)20-10-13-22-18(17-20)7-14-23(25(22)27(28,29)30)34-21-11-8-19(9-12-21)26(2,3)4/h7,10,13-14,17,19,21H,6,8-9,11-12,15-16H2,1-5H3/t19-,21-. The maximum atomic E-state index is 14.2. The van der Waals surface area contributed by atoms with E-state index in [9.17, 15) is 18.0 Å². The zero-order valence-electron chi connectivity index (χ0n) is 20.8. The molecular weight excluding hydrogens is 443 g/mol. The van der Waals surface area contributed by atoms with Crippen molar-refractivity contribution >= 4 is 22.4 Å². The van der Waals surface area contributed by atoms with E-state index in [-0.39, 0.29) is 35.0 Å². The molecule has 7 heteroatoms. The Morgan fingerprint density at radius 2 is 1.74 bits per heavy atom. The molecule has 0 aromatic heterocycles. The maximum absolute atomic E-state index is 14.2. The summed E-state index contributed by atoms with van der Waals surface area (Å²) in [6.07, 6.45) is -1.07. The second-order valence-electron chi connectivity index (χ2n) is 10.3. The number of hydrogen-bond donors (Lipinski definition) is 0. The molecule has 0 atom stereocenters. The third kappa shape index (κ3) is 6.36. The second-order valence-corrected chi connectivity index (χ2v) is 10.3. The number of nitrogens with zero attached hydrogens (tertiary/aromatic N) is 1. The van der Waals surface area contributed by atoms with E-state index in [0.717, 1.165) is 31.4 Å². The highest BCUT2D eigenvalue weighted by molar-refractivity contribution is 5.91. The van der Waals surface area contributed by atoms with Gasteiger partial charge in [-0.3, -0.25) is 4.79 Å². The quantitative estimate of drug-likeness (QED) is 0.393. The van der Waals surface area contributed by atoms with Gasteiger partial charge in [0.2, 0.25) is 0 Å². The van der Waals surface area contributed by atoms with Crippen molar-refractivity contribution in [1.82, 2.24) is 0 Å². The molecule has 0 bridgehead atoms. The van der Waals surface area contributed by atoms with E-state index < -0.39 is 11.7 Å². The Morgan fingerprint density at radius 1 is 1.06 bits per heavy atom. The number of hydrogen-bond acceptors (Lipinski definition) is 4. The Hall–Kier alpha value is -2.44. The number of anilines is 1. The molecule has 0 saturated heterocycles. The molecule has 1 aliphatic carbocycles. The van der Waals surface area contributed by atoms with Gasteiger partial charge in [0.05, 0.1) is 19.1 Å². The van der Waals surface area contributed by atoms with Crippen LogP contribution >= 0.6 is 0 Å². The van der Waals surface area contributed by atoms with Gasteiger partial charge in [-0.25, -0.2) is 0 Å². The molecule has 0 amide bonds. The zero-order chi connectivity index (χ0) is 25.1. The minimum absolute atomic E-state index is 0.0948. The predicted molar refractivity (Wildman–Crippen MR) is 129 cm³/mol. The number of benzene rings is 2. The summed E-state index contributed by atoms with van der Waals surface area (Å²) in [5.74, 6) is 0.167. The fourth-order valence-corrected chi connectivity index (χ4v) is 4.77. The summed E-state index contributed by atoms with van der Waals surface area (Å²) in [4.78, 5) is 13.5. The highest BCUT2D eigenvalue weighted by Gasteiger charge is 2.38. The van der Waals surface area contributed by atoms with Gasteiger partial charge >= 0.3 is 12.1 Å². The van der Waals surface area contributed by atoms with E-state index in [4.69, 9.17) is 9.47 Å². The highest BCUT2D eigenvalue weighted by atomic mass is 19.4. The number of fused-ring (bicyclic) bond motifs is 1. The maximum Gasteiger partial charge on any atom is 0.420 e. The molecular formula is C27H36F3NO3. The fourth-order valence-electron chi connectivity index (χ4n) is 4.77. The largest absolute Gasteiger partial charge is 0.490 e. The molecule has 2 aromatic rings. The predicted octanol–water partition coefficient (Wildman–Crippen LogP) is 7.23. The summed E-state index contributed by atoms with van der Waals surface area (Å²) < 4.78 is 53.4. The third-order valence-electron chi connectivity index (χ3n) is 6.84. The molecule has 0 N–H and O–H groups in total. The number of alkyl halides is 3. The number of esters is 1. The average Bonchev–Trinajstić information content (AvgIpc) is 2.76. The fraction of sp³-hybridized carbons (Fsp3) is 0.593. The molecule has 0 radical (unpaired) electrons. The Bertz CT molecular complexity index is 989. The van der Waals surface area contributed by atoms with Crippen LogP contribution in [-0.4, -0.2) is 32.3 Å². The van der Waals surface area contributed by atoms with Crippen LogP contribution in [-0.2, 0) is 15.7 Å². The van der Waals surface area contributed by atoms with E-state index in [0.29, 0.717) is 24.5 Å². The summed E-state index contributed by atoms with van der Waals surface area (Å²) in [6.45, 7) is 9.12. The summed E-state index contributed by atoms with van der Waals surface area (Å²) in [7, 11) is 1.80. The lowest BCUT2D eigenvalue weighted by Gasteiger charge is -2.37. The molecule has 1 saturated carbocycles. The van der Waals surface area contributed by atoms with Crippen molar-refractivity contribution in [1.29, 1.82) is 0 Å². The van der Waals surface area contributed by atoms with Gasteiger partial charge in [0.1, 0.15) is 11.3 Å². The van der Waals surface area contributed by atoms with E-state index in [1.54, 1.807) is 32.2 Å². The molecule has 2 aromatic carbocycles. The topological polar surface area (TPSA) is 38.8 Å². The minimum atomic E-state index is -4.53. The molecule has 0 heterocycles. The Morgan fingerprint density at radius 3 is 2.32 bits per heavy atom. The molecule has 188 valence electrons. The van der Waals surface area contributed by atoms with Crippen molar-refractivity contribution in [2.45, 2.75) is 72.1 Å². The Balaban J connectivity index is 1.81. The Labute approximate surface area is 200 Å². The van der Waals surface area contributed by atoms with Crippen LogP contribution in [0.25, 0.3) is 10.8 Å². The monoisotopic (exact) mass is 479 g/mol. The third-order valence-corrected chi connectivity index (χ3v) is 6.84. The van der Waals surface area contributed by atoms with Crippen molar-refractivity contribution in [3.05, 3.63) is 35.9 Å². The van der Waals surface area contributed by atoms with Crippen molar-refractivity contribution in [2.24, 2.45) is 11.3 Å². The van der Waals surface area contributed by atoms with Gasteiger partial charge in [-0.1, -0.05) is 32.9 Å². The average molecular weight is 480 g/mol. The Kier molecular flexibility index (Phi) is 8.04. The smallest absolute Gasteiger partial charge is 0.420 e. The number of carbonyl (C=O) groups excluding carboxylic acids is 1. The number of rotatable bonds is 7. The summed E-state index contributed by atoms with van der Waals surface area (Å²) in [5.41, 5.74) is 0.217. The van der Waals surface area contributed by atoms with Crippen LogP contribution in [0.1, 0.15) is 65.4 Å². The van der Waals surface area contributed by atoms with E-state index in [1.807, 2.05) is 4.90 Å². The number of ether oxygens (including phenoxy) is 2. The summed E-state index contributed by atoms with van der Waals surface area (Å²) in [5, 5.41) is 0.604.